The van der Waals surface area contributed by atoms with Crippen LogP contribution in [0.2, 0.25) is 0 Å². The molecule has 130 heavy (non-hydrogen) atoms. The van der Waals surface area contributed by atoms with E-state index in [2.05, 4.69) is 146 Å². The van der Waals surface area contributed by atoms with Crippen molar-refractivity contribution >= 4 is 8.80 Å². The second-order valence-electron chi connectivity index (χ2n) is 33.0. The molecule has 0 N–H and O–H groups in total. The standard InChI is InChI=1S/C117H81F12Si/c118-97-49-25-79(26-50-97)109(80-27-51-98(119)52-28-80)73-1-13-91(14-2-73)115(92-15-3-74(4-16-92)110(81-29-53-99(120)54-30-81)82-31-55-100(121)56-32-82)130(116(93-17-5-75(6-18-93)111(83-33-57-101(122)58-34-83)84-35-59-102(123)60-36-84)94-19-7-76(8-20-94)112(85-37-61-103(124)62-38-85)86-39-63-104(125)64-40-86)117(95-21-9-77(10-22-95)113(87-41-65-105(126)66-42-87)88-43-67-106(127)68-44-88)96-23-11-78(12-24-96)114(89-45-69-107(128)70-46-89)90-47-71-108(129)72-48-90/h1-72,109-117H. The normalized spacial score (nSPS) is 11.8. The molecule has 0 amide bonds. The molecule has 0 saturated carbocycles. The minimum atomic E-state index is -2.75. The summed E-state index contributed by atoms with van der Waals surface area (Å²) >= 11 is 0. The summed E-state index contributed by atoms with van der Waals surface area (Å²) in [5.41, 5.74) is 16.6. The van der Waals surface area contributed by atoms with Crippen molar-refractivity contribution in [3.63, 3.8) is 0 Å². The van der Waals surface area contributed by atoms with E-state index >= 15 is 52.7 Å². The fourth-order valence-corrected chi connectivity index (χ4v) is 23.3. The maximum Gasteiger partial charge on any atom is 0.123 e. The Labute approximate surface area is 749 Å². The summed E-state index contributed by atoms with van der Waals surface area (Å²) in [6, 6.07) is 125. The molecular formula is C117H81F12Si. The SMILES string of the molecule is Fc1ccc(C(c2ccc(F)cc2)c2ccc(C(c3ccc(C(c4ccc(F)cc4)c4ccc(F)cc4)cc3)[Si](C(c3ccc(C(c4ccc(F)cc4)c4ccc(F)cc4)cc3)c3ccc(C(c4ccc(F)cc4)c4ccc(F)cc4)cc3)C(c3ccc(C(c4ccc(F)cc4)c4ccc(F)cc4)cc3)c3ccc(C(c4ccc(F)cc4)c4ccc(F)cc4)cc3)cc2)cc1. The third-order valence-corrected chi connectivity index (χ3v) is 29.1. The highest BCUT2D eigenvalue weighted by atomic mass is 28.3. The molecular weight excluding hydrogens is 1660 g/mol. The second-order valence-corrected chi connectivity index (χ2v) is 35.7. The molecule has 18 aromatic rings. The van der Waals surface area contributed by atoms with Crippen LogP contribution in [0.5, 0.6) is 0 Å². The van der Waals surface area contributed by atoms with Gasteiger partial charge in [0.25, 0.3) is 0 Å². The average Bonchev–Trinajstić information content (AvgIpc) is 0.739. The Morgan fingerprint density at radius 1 is 0.0923 bits per heavy atom. The largest absolute Gasteiger partial charge is 0.207 e. The first kappa shape index (κ1) is 86.1. The predicted octanol–water partition coefficient (Wildman–Crippen LogP) is 30.3. The van der Waals surface area contributed by atoms with Crippen LogP contribution in [0.1, 0.15) is 186 Å². The van der Waals surface area contributed by atoms with Crippen LogP contribution < -0.4 is 0 Å². The Bertz CT molecular complexity index is 5460. The van der Waals surface area contributed by atoms with Gasteiger partial charge in [-0.25, -0.2) is 52.7 Å². The highest BCUT2D eigenvalue weighted by Gasteiger charge is 2.44. The molecule has 637 valence electrons. The van der Waals surface area contributed by atoms with Crippen molar-refractivity contribution < 1.29 is 52.7 Å². The lowest BCUT2D eigenvalue weighted by Crippen LogP contribution is -2.40. The minimum absolute atomic E-state index is 0.442. The van der Waals surface area contributed by atoms with E-state index in [0.717, 1.165) is 134 Å². The van der Waals surface area contributed by atoms with Crippen LogP contribution in [0.25, 0.3) is 0 Å². The summed E-state index contributed by atoms with van der Waals surface area (Å²) in [7, 11) is -2.75. The van der Waals surface area contributed by atoms with Gasteiger partial charge in [0.1, 0.15) is 69.8 Å². The van der Waals surface area contributed by atoms with Crippen molar-refractivity contribution in [1.29, 1.82) is 0 Å². The van der Waals surface area contributed by atoms with Gasteiger partial charge in [0.2, 0.25) is 0 Å². The van der Waals surface area contributed by atoms with Gasteiger partial charge in [0.15, 0.2) is 0 Å². The summed E-state index contributed by atoms with van der Waals surface area (Å²) in [5, 5.41) is 0. The average molecular weight is 1740 g/mol. The van der Waals surface area contributed by atoms with Gasteiger partial charge in [-0.2, -0.15) is 0 Å². The molecule has 0 aliphatic heterocycles. The molecule has 13 heteroatoms. The van der Waals surface area contributed by atoms with E-state index < -0.39 is 131 Å². The summed E-state index contributed by atoms with van der Waals surface area (Å²) in [4.78, 5) is 0. The van der Waals surface area contributed by atoms with E-state index in [4.69, 9.17) is 0 Å². The van der Waals surface area contributed by atoms with E-state index in [1.165, 1.54) is 146 Å². The van der Waals surface area contributed by atoms with E-state index in [1.54, 1.807) is 146 Å². The van der Waals surface area contributed by atoms with Crippen molar-refractivity contribution in [1.82, 2.24) is 0 Å². The first-order valence-electron chi connectivity index (χ1n) is 42.8. The van der Waals surface area contributed by atoms with Crippen molar-refractivity contribution in [3.8, 4) is 0 Å². The molecule has 0 aliphatic rings. The zero-order chi connectivity index (χ0) is 89.5. The highest BCUT2D eigenvalue weighted by molar-refractivity contribution is 6.66. The van der Waals surface area contributed by atoms with Gasteiger partial charge < -0.3 is 0 Å². The Morgan fingerprint density at radius 2 is 0.154 bits per heavy atom. The van der Waals surface area contributed by atoms with Crippen LogP contribution in [0, 0.1) is 69.8 Å². The molecule has 0 aliphatic carbocycles. The zero-order valence-electron chi connectivity index (χ0n) is 69.8. The number of rotatable bonds is 27. The van der Waals surface area contributed by atoms with Gasteiger partial charge in [-0.1, -0.05) is 291 Å². The molecule has 1 radical (unpaired) electrons. The van der Waals surface area contributed by atoms with E-state index in [1.807, 2.05) is 0 Å². The van der Waals surface area contributed by atoms with E-state index in [9.17, 15) is 0 Å². The molecule has 0 unspecified atom stereocenters. The summed E-state index contributed by atoms with van der Waals surface area (Å²) in [5.74, 6) is -8.61. The van der Waals surface area contributed by atoms with Gasteiger partial charge in [-0.05, 0) is 279 Å². The maximum atomic E-state index is 15.2. The molecule has 0 aromatic heterocycles. The lowest BCUT2D eigenvalue weighted by Gasteiger charge is -2.40. The van der Waals surface area contributed by atoms with Crippen LogP contribution in [0.4, 0.5) is 52.7 Å². The van der Waals surface area contributed by atoms with Gasteiger partial charge in [0, 0.05) is 52.1 Å². The summed E-state index contributed by atoms with van der Waals surface area (Å²) in [6.07, 6.45) is 0. The summed E-state index contributed by atoms with van der Waals surface area (Å²) in [6.45, 7) is 0. The molecule has 0 fully saturated rings. The third kappa shape index (κ3) is 19.1. The Hall–Kier alpha value is -14.7. The van der Waals surface area contributed by atoms with Crippen molar-refractivity contribution in [3.05, 3.63) is 640 Å². The lowest BCUT2D eigenvalue weighted by molar-refractivity contribution is 0.625. The number of hydrogen-bond acceptors (Lipinski definition) is 0. The minimum Gasteiger partial charge on any atom is -0.207 e. The quantitative estimate of drug-likeness (QED) is 0.0273. The van der Waals surface area contributed by atoms with Crippen molar-refractivity contribution in [2.75, 3.05) is 0 Å². The van der Waals surface area contributed by atoms with Gasteiger partial charge >= 0.3 is 0 Å². The van der Waals surface area contributed by atoms with Crippen molar-refractivity contribution in [2.24, 2.45) is 0 Å². The maximum absolute atomic E-state index is 15.2. The van der Waals surface area contributed by atoms with E-state index in [0.29, 0.717) is 0 Å². The van der Waals surface area contributed by atoms with Crippen LogP contribution in [-0.4, -0.2) is 8.80 Å². The first-order valence-corrected chi connectivity index (χ1v) is 44.6. The fourth-order valence-electron chi connectivity index (χ4n) is 18.8. The summed E-state index contributed by atoms with van der Waals surface area (Å²) < 4.78 is 182. The smallest absolute Gasteiger partial charge is 0.123 e. The molecule has 18 aromatic carbocycles. The lowest BCUT2D eigenvalue weighted by atomic mass is 9.83. The van der Waals surface area contributed by atoms with Gasteiger partial charge in [-0.15, -0.1) is 0 Å². The Kier molecular flexibility index (Phi) is 25.5. The van der Waals surface area contributed by atoms with Gasteiger partial charge in [0.05, 0.1) is 8.80 Å². The van der Waals surface area contributed by atoms with Crippen LogP contribution >= 0.6 is 0 Å². The predicted molar refractivity (Wildman–Crippen MR) is 492 cm³/mol. The molecule has 0 spiro atoms. The molecule has 0 saturated heterocycles. The molecule has 0 atom stereocenters. The Balaban J connectivity index is 0.942. The Morgan fingerprint density at radius 3 is 0.231 bits per heavy atom. The molecule has 0 bridgehead atoms. The third-order valence-electron chi connectivity index (χ3n) is 25.1. The molecule has 0 nitrogen and oxygen atoms in total. The zero-order valence-corrected chi connectivity index (χ0v) is 70.8. The van der Waals surface area contributed by atoms with Crippen LogP contribution in [0.3, 0.4) is 0 Å². The van der Waals surface area contributed by atoms with Crippen LogP contribution in [-0.2, 0) is 0 Å². The highest BCUT2D eigenvalue weighted by Crippen LogP contribution is 2.51. The number of halogens is 12. The monoisotopic (exact) mass is 1740 g/mol. The second kappa shape index (κ2) is 38.5. The van der Waals surface area contributed by atoms with Crippen molar-refractivity contribution in [2.45, 2.75) is 52.1 Å². The number of hydrogen-bond donors (Lipinski definition) is 0. The van der Waals surface area contributed by atoms with E-state index in [-0.39, 0.29) is 0 Å². The molecule has 18 rings (SSSR count). The van der Waals surface area contributed by atoms with Crippen LogP contribution in [0.15, 0.2) is 437 Å². The van der Waals surface area contributed by atoms with Gasteiger partial charge in [-0.3, -0.25) is 0 Å². The fraction of sp³-hybridized carbons (Fsp3) is 0.0769. The topological polar surface area (TPSA) is 0 Å². The first-order chi connectivity index (χ1) is 63.3. The molecule has 0 heterocycles. The number of benzene rings is 18.